The summed E-state index contributed by atoms with van der Waals surface area (Å²) in [6, 6.07) is 4.26. The average Bonchev–Trinajstić information content (AvgIpc) is 2.90. The van der Waals surface area contributed by atoms with Gasteiger partial charge < -0.3 is 5.11 Å². The Bertz CT molecular complexity index is 720. The maximum absolute atomic E-state index is 13.3. The normalized spacial score (nSPS) is 20.5. The van der Waals surface area contributed by atoms with Gasteiger partial charge in [-0.25, -0.2) is 0 Å². The van der Waals surface area contributed by atoms with Crippen LogP contribution >= 0.6 is 0 Å². The molecule has 136 valence electrons. The Hall–Kier alpha value is -2.49. The molecule has 1 aliphatic heterocycles. The van der Waals surface area contributed by atoms with E-state index in [0.717, 1.165) is 18.2 Å². The van der Waals surface area contributed by atoms with Gasteiger partial charge in [-0.3, -0.25) is 14.9 Å². The van der Waals surface area contributed by atoms with E-state index in [1.54, 1.807) is 0 Å². The zero-order chi connectivity index (χ0) is 18.8. The highest BCUT2D eigenvalue weighted by Crippen LogP contribution is 2.41. The van der Waals surface area contributed by atoms with Crippen LogP contribution in [0.25, 0.3) is 0 Å². The number of hydrogen-bond donors (Lipinski definition) is 1. The molecule has 0 saturated carbocycles. The molecule has 1 aliphatic rings. The Morgan fingerprint density at radius 2 is 2.16 bits per heavy atom. The molecule has 0 radical (unpaired) electrons. The second kappa shape index (κ2) is 6.79. The smallest absolute Gasteiger partial charge is 0.362 e. The van der Waals surface area contributed by atoms with Gasteiger partial charge in [-0.15, -0.1) is 0 Å². The van der Waals surface area contributed by atoms with E-state index >= 15 is 0 Å². The van der Waals surface area contributed by atoms with Crippen molar-refractivity contribution >= 4 is 17.3 Å². The van der Waals surface area contributed by atoms with Gasteiger partial charge in [0.2, 0.25) is 0 Å². The molecule has 7 nitrogen and oxygen atoms in total. The summed E-state index contributed by atoms with van der Waals surface area (Å²) in [4.78, 5) is 22.4. The lowest BCUT2D eigenvalue weighted by Gasteiger charge is -2.32. The molecule has 0 aromatic heterocycles. The number of nitro benzene ring substituents is 1. The van der Waals surface area contributed by atoms with Crippen molar-refractivity contribution in [3.63, 3.8) is 0 Å². The van der Waals surface area contributed by atoms with Gasteiger partial charge in [0, 0.05) is 29.8 Å². The predicted octanol–water partition coefficient (Wildman–Crippen LogP) is 3.24. The van der Waals surface area contributed by atoms with E-state index in [-0.39, 0.29) is 22.7 Å². The van der Waals surface area contributed by atoms with Crippen LogP contribution in [-0.4, -0.2) is 38.6 Å². The molecule has 1 aromatic carbocycles. The highest BCUT2D eigenvalue weighted by molar-refractivity contribution is 5.98. The third-order valence-corrected chi connectivity index (χ3v) is 3.81. The van der Waals surface area contributed by atoms with Crippen molar-refractivity contribution in [3.8, 4) is 0 Å². The fourth-order valence-corrected chi connectivity index (χ4v) is 2.45. The van der Waals surface area contributed by atoms with E-state index in [9.17, 15) is 33.2 Å². The van der Waals surface area contributed by atoms with Gasteiger partial charge in [0.05, 0.1) is 4.92 Å². The second-order valence-corrected chi connectivity index (χ2v) is 5.69. The molecule has 2 rings (SSSR count). The van der Waals surface area contributed by atoms with Crippen molar-refractivity contribution in [3.05, 3.63) is 39.9 Å². The van der Waals surface area contributed by atoms with Crippen LogP contribution < -0.4 is 0 Å². The van der Waals surface area contributed by atoms with E-state index in [2.05, 4.69) is 5.10 Å². The quantitative estimate of drug-likeness (QED) is 0.645. The highest BCUT2D eigenvalue weighted by Gasteiger charge is 2.63. The van der Waals surface area contributed by atoms with Crippen LogP contribution in [0.3, 0.4) is 0 Å². The number of nitro groups is 1. The Labute approximate surface area is 140 Å². The number of halogens is 3. The van der Waals surface area contributed by atoms with E-state index in [0.29, 0.717) is 12.8 Å². The van der Waals surface area contributed by atoms with Gasteiger partial charge in [-0.2, -0.15) is 23.3 Å². The summed E-state index contributed by atoms with van der Waals surface area (Å²) < 4.78 is 40.0. The minimum absolute atomic E-state index is 0.0168. The first kappa shape index (κ1) is 18.8. The first-order chi connectivity index (χ1) is 11.6. The Morgan fingerprint density at radius 1 is 1.48 bits per heavy atom. The molecular formula is C15H16F3N3O4. The molecule has 1 amide bonds. The lowest BCUT2D eigenvalue weighted by molar-refractivity contribution is -0.384. The summed E-state index contributed by atoms with van der Waals surface area (Å²) in [5.74, 6) is -1.25. The number of rotatable bonds is 5. The predicted molar refractivity (Wildman–Crippen MR) is 81.8 cm³/mol. The van der Waals surface area contributed by atoms with E-state index < -0.39 is 34.8 Å². The number of non-ortho nitro benzene ring substituents is 1. The van der Waals surface area contributed by atoms with Crippen molar-refractivity contribution in [2.24, 2.45) is 5.10 Å². The third kappa shape index (κ3) is 3.63. The van der Waals surface area contributed by atoms with Crippen LogP contribution in [0, 0.1) is 10.1 Å². The van der Waals surface area contributed by atoms with Gasteiger partial charge in [-0.05, 0) is 18.9 Å². The second-order valence-electron chi connectivity index (χ2n) is 5.69. The number of aliphatic hydroxyl groups is 1. The topological polar surface area (TPSA) is 96.0 Å². The van der Waals surface area contributed by atoms with E-state index in [1.807, 2.05) is 6.92 Å². The average molecular weight is 359 g/mol. The lowest BCUT2D eigenvalue weighted by atomic mass is 10.0. The number of benzene rings is 1. The summed E-state index contributed by atoms with van der Waals surface area (Å²) >= 11 is 0. The van der Waals surface area contributed by atoms with Crippen LogP contribution in [0.15, 0.2) is 29.4 Å². The fourth-order valence-electron chi connectivity index (χ4n) is 2.45. The number of carbonyl (C=O) groups excluding carboxylic acids is 1. The number of unbranched alkanes of at least 4 members (excludes halogenated alkanes) is 1. The van der Waals surface area contributed by atoms with Crippen LogP contribution in [-0.2, 0) is 0 Å². The zero-order valence-corrected chi connectivity index (χ0v) is 13.3. The largest absolute Gasteiger partial charge is 0.438 e. The van der Waals surface area contributed by atoms with Gasteiger partial charge >= 0.3 is 6.18 Å². The van der Waals surface area contributed by atoms with Gasteiger partial charge in [0.1, 0.15) is 0 Å². The fraction of sp³-hybridized carbons (Fsp3) is 0.467. The molecule has 0 fully saturated rings. The number of nitrogens with zero attached hydrogens (tertiary/aromatic N) is 3. The van der Waals surface area contributed by atoms with Crippen LogP contribution in [0.2, 0.25) is 0 Å². The monoisotopic (exact) mass is 359 g/mol. The molecule has 0 unspecified atom stereocenters. The number of alkyl halides is 3. The summed E-state index contributed by atoms with van der Waals surface area (Å²) in [6.07, 6.45) is -4.47. The minimum Gasteiger partial charge on any atom is -0.362 e. The Morgan fingerprint density at radius 3 is 2.72 bits per heavy atom. The molecule has 0 saturated heterocycles. The molecular weight excluding hydrogens is 343 g/mol. The van der Waals surface area contributed by atoms with Crippen molar-refractivity contribution in [2.75, 3.05) is 0 Å². The Balaban J connectivity index is 2.40. The molecule has 25 heavy (non-hydrogen) atoms. The minimum atomic E-state index is -5.12. The standard InChI is InChI=1S/C15H16F3N3O4/c1-2-3-6-11-9-14(23,15(16,17)18)20(19-11)13(22)10-5-4-7-12(8-10)21(24)25/h4-5,7-8,23H,2-3,6,9H2,1H3/t14-/m0/s1. The molecule has 1 aromatic rings. The molecule has 10 heteroatoms. The molecule has 0 bridgehead atoms. The summed E-state index contributed by atoms with van der Waals surface area (Å²) in [5, 5.41) is 24.5. The van der Waals surface area contributed by atoms with Crippen molar-refractivity contribution in [1.29, 1.82) is 0 Å². The first-order valence-corrected chi connectivity index (χ1v) is 7.54. The van der Waals surface area contributed by atoms with Gasteiger partial charge in [0.25, 0.3) is 17.3 Å². The molecule has 1 atom stereocenters. The SMILES string of the molecule is CCCCC1=NN(C(=O)c2cccc([N+](=O)[O-])c2)[C@@](O)(C(F)(F)F)C1. The zero-order valence-electron chi connectivity index (χ0n) is 13.3. The maximum Gasteiger partial charge on any atom is 0.438 e. The van der Waals surface area contributed by atoms with E-state index in [4.69, 9.17) is 0 Å². The van der Waals surface area contributed by atoms with Crippen LogP contribution in [0.1, 0.15) is 43.0 Å². The van der Waals surface area contributed by atoms with E-state index in [1.165, 1.54) is 6.07 Å². The van der Waals surface area contributed by atoms with Crippen molar-refractivity contribution in [2.45, 2.75) is 44.5 Å². The van der Waals surface area contributed by atoms with Gasteiger partial charge in [0.15, 0.2) is 0 Å². The molecule has 0 aliphatic carbocycles. The molecule has 0 spiro atoms. The van der Waals surface area contributed by atoms with Crippen LogP contribution in [0.4, 0.5) is 18.9 Å². The third-order valence-electron chi connectivity index (χ3n) is 3.81. The molecule has 1 heterocycles. The number of hydrogen-bond acceptors (Lipinski definition) is 5. The lowest BCUT2D eigenvalue weighted by Crippen LogP contribution is -2.56. The van der Waals surface area contributed by atoms with Crippen LogP contribution in [0.5, 0.6) is 0 Å². The summed E-state index contributed by atoms with van der Waals surface area (Å²) in [7, 11) is 0. The summed E-state index contributed by atoms with van der Waals surface area (Å²) in [5.41, 5.74) is -4.22. The van der Waals surface area contributed by atoms with Gasteiger partial charge in [-0.1, -0.05) is 19.4 Å². The summed E-state index contributed by atoms with van der Waals surface area (Å²) in [6.45, 7) is 1.84. The number of carbonyl (C=O) groups is 1. The Kier molecular flexibility index (Phi) is 5.12. The van der Waals surface area contributed by atoms with Crippen molar-refractivity contribution < 1.29 is 28.0 Å². The maximum atomic E-state index is 13.3. The first-order valence-electron chi connectivity index (χ1n) is 7.54. The van der Waals surface area contributed by atoms with Crippen molar-refractivity contribution in [1.82, 2.24) is 5.01 Å². The highest BCUT2D eigenvalue weighted by atomic mass is 19.4. The number of hydrazone groups is 1. The molecule has 1 N–H and O–H groups in total. The number of amides is 1.